The number of aromatic nitrogens is 1. The van der Waals surface area contributed by atoms with E-state index in [0.717, 1.165) is 0 Å². The van der Waals surface area contributed by atoms with Crippen molar-refractivity contribution in [3.63, 3.8) is 0 Å². The number of alkyl halides is 1. The van der Waals surface area contributed by atoms with E-state index in [4.69, 9.17) is 0 Å². The zero-order chi connectivity index (χ0) is 19.3. The first-order valence-electron chi connectivity index (χ1n) is 8.77. The molecule has 1 N–H and O–H groups in total. The molecule has 1 fully saturated rings. The van der Waals surface area contributed by atoms with Crippen LogP contribution in [0.1, 0.15) is 13.3 Å². The number of carbonyl (C=O) groups excluding carboxylic acids is 1. The summed E-state index contributed by atoms with van der Waals surface area (Å²) in [6.07, 6.45) is -1.39. The Morgan fingerprint density at radius 3 is 2.11 bits per heavy atom. The molecule has 1 aromatic heterocycles. The Bertz CT molecular complexity index is 985. The SMILES string of the molecule is C[C@@](O)(CN1CC[C@@H](F)C1=O)Cn1c2ccc(F)cc2c2cc(F)ccc21. The number of carbonyl (C=O) groups is 1. The molecule has 7 heteroatoms. The number of aliphatic hydroxyl groups is 1. The van der Waals surface area contributed by atoms with Gasteiger partial charge in [0.05, 0.1) is 18.7 Å². The Morgan fingerprint density at radius 1 is 1.07 bits per heavy atom. The predicted octanol–water partition coefficient (Wildman–Crippen LogP) is 3.39. The molecule has 1 aliphatic rings. The molecule has 2 atom stereocenters. The summed E-state index contributed by atoms with van der Waals surface area (Å²) >= 11 is 0. The van der Waals surface area contributed by atoms with Crippen molar-refractivity contribution in [1.82, 2.24) is 9.47 Å². The van der Waals surface area contributed by atoms with E-state index in [1.54, 1.807) is 23.6 Å². The fraction of sp³-hybridized carbons (Fsp3) is 0.350. The van der Waals surface area contributed by atoms with Crippen LogP contribution in [0.15, 0.2) is 36.4 Å². The fourth-order valence-electron chi connectivity index (χ4n) is 3.88. The Kier molecular flexibility index (Phi) is 4.14. The first kappa shape index (κ1) is 17.9. The number of hydrogen-bond acceptors (Lipinski definition) is 2. The van der Waals surface area contributed by atoms with Gasteiger partial charge in [-0.3, -0.25) is 4.79 Å². The van der Waals surface area contributed by atoms with Crippen molar-refractivity contribution in [2.45, 2.75) is 31.7 Å². The lowest BCUT2D eigenvalue weighted by molar-refractivity contribution is -0.134. The lowest BCUT2D eigenvalue weighted by Gasteiger charge is -2.30. The van der Waals surface area contributed by atoms with Crippen LogP contribution in [0.4, 0.5) is 13.2 Å². The summed E-state index contributed by atoms with van der Waals surface area (Å²) < 4.78 is 42.7. The molecule has 0 bridgehead atoms. The van der Waals surface area contributed by atoms with E-state index in [0.29, 0.717) is 21.8 Å². The first-order valence-corrected chi connectivity index (χ1v) is 8.77. The van der Waals surface area contributed by atoms with Crippen LogP contribution in [-0.2, 0) is 11.3 Å². The quantitative estimate of drug-likeness (QED) is 0.759. The molecule has 0 aliphatic carbocycles. The molecular weight excluding hydrogens is 357 g/mol. The number of nitrogens with zero attached hydrogens (tertiary/aromatic N) is 2. The summed E-state index contributed by atoms with van der Waals surface area (Å²) in [5.74, 6) is -1.48. The monoisotopic (exact) mass is 376 g/mol. The maximum atomic E-state index is 13.7. The van der Waals surface area contributed by atoms with E-state index < -0.39 is 29.3 Å². The van der Waals surface area contributed by atoms with E-state index >= 15 is 0 Å². The maximum Gasteiger partial charge on any atom is 0.257 e. The first-order chi connectivity index (χ1) is 12.7. The zero-order valence-electron chi connectivity index (χ0n) is 14.8. The number of likely N-dealkylation sites (tertiary alicyclic amines) is 1. The van der Waals surface area contributed by atoms with Crippen LogP contribution in [0.25, 0.3) is 21.8 Å². The van der Waals surface area contributed by atoms with Gasteiger partial charge in [-0.05, 0) is 43.3 Å². The van der Waals surface area contributed by atoms with Crippen LogP contribution in [0.2, 0.25) is 0 Å². The average molecular weight is 376 g/mol. The number of rotatable bonds is 4. The molecule has 4 nitrogen and oxygen atoms in total. The van der Waals surface area contributed by atoms with Crippen LogP contribution in [-0.4, -0.2) is 45.3 Å². The van der Waals surface area contributed by atoms with Crippen LogP contribution in [0.3, 0.4) is 0 Å². The third kappa shape index (κ3) is 3.16. The minimum Gasteiger partial charge on any atom is -0.386 e. The highest BCUT2D eigenvalue weighted by atomic mass is 19.1. The minimum absolute atomic E-state index is 0.0180. The highest BCUT2D eigenvalue weighted by Gasteiger charge is 2.36. The second-order valence-corrected chi connectivity index (χ2v) is 7.42. The Hall–Kier alpha value is -2.54. The average Bonchev–Trinajstić information content (AvgIpc) is 3.06. The van der Waals surface area contributed by atoms with Gasteiger partial charge < -0.3 is 14.6 Å². The predicted molar refractivity (Wildman–Crippen MR) is 96.1 cm³/mol. The summed E-state index contributed by atoms with van der Waals surface area (Å²) in [4.78, 5) is 13.2. The molecule has 2 heterocycles. The number of halogens is 3. The molecule has 2 aromatic carbocycles. The van der Waals surface area contributed by atoms with Gasteiger partial charge in [-0.25, -0.2) is 13.2 Å². The van der Waals surface area contributed by atoms with Crippen molar-refractivity contribution < 1.29 is 23.1 Å². The van der Waals surface area contributed by atoms with Gasteiger partial charge in [0.1, 0.15) is 11.6 Å². The topological polar surface area (TPSA) is 45.5 Å². The molecule has 0 saturated carbocycles. The molecule has 1 saturated heterocycles. The van der Waals surface area contributed by atoms with Gasteiger partial charge in [0.2, 0.25) is 0 Å². The molecule has 4 rings (SSSR count). The summed E-state index contributed by atoms with van der Waals surface area (Å²) in [6, 6.07) is 8.44. The van der Waals surface area contributed by atoms with Gasteiger partial charge in [-0.2, -0.15) is 0 Å². The van der Waals surface area contributed by atoms with E-state index in [1.807, 2.05) is 0 Å². The largest absolute Gasteiger partial charge is 0.386 e. The lowest BCUT2D eigenvalue weighted by Crippen LogP contribution is -2.45. The highest BCUT2D eigenvalue weighted by molar-refractivity contribution is 6.08. The molecule has 1 amide bonds. The smallest absolute Gasteiger partial charge is 0.257 e. The molecule has 0 spiro atoms. The normalized spacial score (nSPS) is 20.0. The second-order valence-electron chi connectivity index (χ2n) is 7.42. The Morgan fingerprint density at radius 2 is 1.63 bits per heavy atom. The summed E-state index contributed by atoms with van der Waals surface area (Å²) in [7, 11) is 0. The zero-order valence-corrected chi connectivity index (χ0v) is 14.8. The maximum absolute atomic E-state index is 13.7. The van der Waals surface area contributed by atoms with Crippen LogP contribution in [0, 0.1) is 11.6 Å². The van der Waals surface area contributed by atoms with Crippen molar-refractivity contribution >= 4 is 27.7 Å². The van der Waals surface area contributed by atoms with E-state index in [-0.39, 0.29) is 26.1 Å². The van der Waals surface area contributed by atoms with Crippen molar-refractivity contribution in [2.75, 3.05) is 13.1 Å². The third-order valence-electron chi connectivity index (χ3n) is 5.05. The summed E-state index contributed by atoms with van der Waals surface area (Å²) in [5, 5.41) is 12.0. The van der Waals surface area contributed by atoms with Gasteiger partial charge >= 0.3 is 0 Å². The molecule has 0 radical (unpaired) electrons. The second kappa shape index (κ2) is 6.27. The number of β-amino-alcohol motifs (C(OH)–C–C–N with tert-alkyl or cyclic N) is 1. The van der Waals surface area contributed by atoms with E-state index in [1.165, 1.54) is 29.2 Å². The van der Waals surface area contributed by atoms with Crippen molar-refractivity contribution in [1.29, 1.82) is 0 Å². The van der Waals surface area contributed by atoms with Gasteiger partial charge in [0, 0.05) is 34.8 Å². The van der Waals surface area contributed by atoms with Crippen molar-refractivity contribution in [3.05, 3.63) is 48.0 Å². The lowest BCUT2D eigenvalue weighted by atomic mass is 10.1. The van der Waals surface area contributed by atoms with Crippen molar-refractivity contribution in [2.24, 2.45) is 0 Å². The number of benzene rings is 2. The molecular formula is C20H19F3N2O2. The Labute approximate surface area is 153 Å². The number of amides is 1. The van der Waals surface area contributed by atoms with Gasteiger partial charge in [0.25, 0.3) is 5.91 Å². The number of fused-ring (bicyclic) bond motifs is 3. The molecule has 1 aliphatic heterocycles. The molecule has 27 heavy (non-hydrogen) atoms. The van der Waals surface area contributed by atoms with Crippen molar-refractivity contribution in [3.8, 4) is 0 Å². The van der Waals surface area contributed by atoms with E-state index in [9.17, 15) is 23.1 Å². The van der Waals surface area contributed by atoms with Crippen LogP contribution < -0.4 is 0 Å². The standard InChI is InChI=1S/C20H19F3N2O2/c1-20(27,10-24-7-6-16(23)19(24)26)11-25-17-4-2-12(21)8-14(17)15-9-13(22)3-5-18(15)25/h2-5,8-9,16,27H,6-7,10-11H2,1H3/t16-,20-/m1/s1. The number of hydrogen-bond donors (Lipinski definition) is 1. The molecule has 3 aromatic rings. The van der Waals surface area contributed by atoms with Crippen LogP contribution >= 0.6 is 0 Å². The van der Waals surface area contributed by atoms with E-state index in [2.05, 4.69) is 0 Å². The minimum atomic E-state index is -1.51. The third-order valence-corrected chi connectivity index (χ3v) is 5.05. The van der Waals surface area contributed by atoms with Gasteiger partial charge in [-0.1, -0.05) is 0 Å². The fourth-order valence-corrected chi connectivity index (χ4v) is 3.88. The Balaban J connectivity index is 1.75. The summed E-state index contributed by atoms with van der Waals surface area (Å²) in [5.41, 5.74) is -0.0525. The van der Waals surface area contributed by atoms with Gasteiger partial charge in [0.15, 0.2) is 6.17 Å². The molecule has 142 valence electrons. The molecule has 0 unspecified atom stereocenters. The highest BCUT2D eigenvalue weighted by Crippen LogP contribution is 2.32. The van der Waals surface area contributed by atoms with Crippen LogP contribution in [0.5, 0.6) is 0 Å². The van der Waals surface area contributed by atoms with Gasteiger partial charge in [-0.15, -0.1) is 0 Å². The summed E-state index contributed by atoms with van der Waals surface area (Å²) in [6.45, 7) is 1.90.